The highest BCUT2D eigenvalue weighted by Crippen LogP contribution is 2.24. The first kappa shape index (κ1) is 21.2. The number of nitrogens with zero attached hydrogens (tertiary/aromatic N) is 3. The van der Waals surface area contributed by atoms with Crippen LogP contribution >= 0.6 is 11.3 Å². The number of benzene rings is 1. The molecule has 0 atom stereocenters. The zero-order chi connectivity index (χ0) is 20.5. The molecule has 1 aromatic heterocycles. The molecule has 1 N–H and O–H groups in total. The molecule has 3 rings (SSSR count). The molecule has 0 aliphatic carbocycles. The second-order valence-corrected chi connectivity index (χ2v) is 8.00. The molecule has 7 heteroatoms. The van der Waals surface area contributed by atoms with E-state index in [-0.39, 0.29) is 5.91 Å². The maximum absolute atomic E-state index is 12.6. The van der Waals surface area contributed by atoms with Gasteiger partial charge in [-0.05, 0) is 42.5 Å². The molecule has 0 radical (unpaired) electrons. The monoisotopic (exact) mass is 414 g/mol. The predicted octanol–water partition coefficient (Wildman–Crippen LogP) is 3.00. The summed E-state index contributed by atoms with van der Waals surface area (Å²) in [4.78, 5) is 22.6. The zero-order valence-electron chi connectivity index (χ0n) is 17.3. The van der Waals surface area contributed by atoms with Gasteiger partial charge in [0.25, 0.3) is 0 Å². The number of ether oxygens (including phenoxy) is 1. The number of hydrogen-bond acceptors (Lipinski definition) is 4. The van der Waals surface area contributed by atoms with Crippen molar-refractivity contribution in [3.8, 4) is 5.75 Å². The molecule has 2 heterocycles. The fraction of sp³-hybridized carbons (Fsp3) is 0.455. The van der Waals surface area contributed by atoms with Crippen molar-refractivity contribution in [3.05, 3.63) is 52.2 Å². The average molecular weight is 415 g/mol. The fourth-order valence-corrected chi connectivity index (χ4v) is 4.16. The van der Waals surface area contributed by atoms with Crippen LogP contribution in [0.25, 0.3) is 0 Å². The molecule has 1 aliphatic heterocycles. The van der Waals surface area contributed by atoms with Crippen LogP contribution in [-0.4, -0.2) is 61.5 Å². The van der Waals surface area contributed by atoms with Gasteiger partial charge >= 0.3 is 0 Å². The maximum atomic E-state index is 12.6. The molecule has 0 saturated heterocycles. The Morgan fingerprint density at radius 3 is 2.93 bits per heavy atom. The van der Waals surface area contributed by atoms with E-state index in [0.717, 1.165) is 37.8 Å². The second kappa shape index (κ2) is 10.9. The van der Waals surface area contributed by atoms with E-state index in [4.69, 9.17) is 4.74 Å². The summed E-state index contributed by atoms with van der Waals surface area (Å²) in [6.45, 7) is 6.14. The Labute approximate surface area is 177 Å². The summed E-state index contributed by atoms with van der Waals surface area (Å²) in [5.41, 5.74) is 1.30. The number of thiophene rings is 1. The average Bonchev–Trinajstić information content (AvgIpc) is 3.21. The normalized spacial score (nSPS) is 13.7. The highest BCUT2D eigenvalue weighted by Gasteiger charge is 2.21. The lowest BCUT2D eigenvalue weighted by atomic mass is 10.1. The maximum Gasteiger partial charge on any atom is 0.224 e. The van der Waals surface area contributed by atoms with Crippen LogP contribution in [0.4, 0.5) is 0 Å². The molecule has 0 unspecified atom stereocenters. The van der Waals surface area contributed by atoms with Crippen LogP contribution in [0.5, 0.6) is 5.75 Å². The van der Waals surface area contributed by atoms with Gasteiger partial charge in [0.1, 0.15) is 12.4 Å². The van der Waals surface area contributed by atoms with Crippen LogP contribution in [0.3, 0.4) is 0 Å². The van der Waals surface area contributed by atoms with Gasteiger partial charge in [0.2, 0.25) is 5.91 Å². The fourth-order valence-electron chi connectivity index (χ4n) is 3.27. The minimum absolute atomic E-state index is 0.177. The van der Waals surface area contributed by atoms with E-state index in [2.05, 4.69) is 21.8 Å². The molecular weight excluding hydrogens is 384 g/mol. The number of guanidine groups is 1. The smallest absolute Gasteiger partial charge is 0.224 e. The van der Waals surface area contributed by atoms with E-state index in [9.17, 15) is 4.79 Å². The second-order valence-electron chi connectivity index (χ2n) is 7.00. The van der Waals surface area contributed by atoms with E-state index < -0.39 is 0 Å². The van der Waals surface area contributed by atoms with Crippen LogP contribution in [-0.2, 0) is 17.8 Å². The van der Waals surface area contributed by atoms with Gasteiger partial charge in [-0.25, -0.2) is 0 Å². The number of carbonyl (C=O) groups is 1. The van der Waals surface area contributed by atoms with Crippen LogP contribution < -0.4 is 10.1 Å². The van der Waals surface area contributed by atoms with Crippen molar-refractivity contribution in [1.29, 1.82) is 0 Å². The molecule has 6 nitrogen and oxygen atoms in total. The van der Waals surface area contributed by atoms with E-state index in [1.807, 2.05) is 54.1 Å². The summed E-state index contributed by atoms with van der Waals surface area (Å²) >= 11 is 1.79. The summed E-state index contributed by atoms with van der Waals surface area (Å²) in [5.74, 6) is 1.84. The van der Waals surface area contributed by atoms with Gasteiger partial charge in [0.05, 0.1) is 13.1 Å². The quantitative estimate of drug-likeness (QED) is 0.533. The molecule has 0 saturated carbocycles. The third-order valence-electron chi connectivity index (χ3n) is 4.88. The number of aliphatic imine (C=N–C) groups is 1. The third-order valence-corrected chi connectivity index (χ3v) is 5.91. The van der Waals surface area contributed by atoms with Gasteiger partial charge in [-0.1, -0.05) is 18.2 Å². The summed E-state index contributed by atoms with van der Waals surface area (Å²) < 4.78 is 5.76. The van der Waals surface area contributed by atoms with Crippen molar-refractivity contribution < 1.29 is 9.53 Å². The number of carbonyl (C=O) groups excluding carboxylic acids is 1. The minimum Gasteiger partial charge on any atom is -0.492 e. The Morgan fingerprint density at radius 2 is 2.14 bits per heavy atom. The van der Waals surface area contributed by atoms with E-state index >= 15 is 0 Å². The summed E-state index contributed by atoms with van der Waals surface area (Å²) in [6.07, 6.45) is 1.40. The molecule has 1 amide bonds. The van der Waals surface area contributed by atoms with Crippen LogP contribution in [0.15, 0.2) is 46.8 Å². The highest BCUT2D eigenvalue weighted by atomic mass is 32.1. The van der Waals surface area contributed by atoms with Gasteiger partial charge in [-0.15, -0.1) is 11.3 Å². The van der Waals surface area contributed by atoms with Crippen LogP contribution in [0, 0.1) is 0 Å². The lowest BCUT2D eigenvalue weighted by Gasteiger charge is -2.27. The first-order valence-electron chi connectivity index (χ1n) is 10.2. The van der Waals surface area contributed by atoms with Crippen molar-refractivity contribution in [1.82, 2.24) is 15.1 Å². The topological polar surface area (TPSA) is 57.2 Å². The number of nitrogens with one attached hydrogen (secondary N) is 1. The minimum atomic E-state index is 0.177. The predicted molar refractivity (Wildman–Crippen MR) is 119 cm³/mol. The number of fused-ring (bicyclic) bond motifs is 1. The molecule has 29 heavy (non-hydrogen) atoms. The van der Waals surface area contributed by atoms with E-state index in [1.54, 1.807) is 11.3 Å². The summed E-state index contributed by atoms with van der Waals surface area (Å²) in [7, 11) is 1.99. The van der Waals surface area contributed by atoms with Crippen LogP contribution in [0.1, 0.15) is 23.8 Å². The van der Waals surface area contributed by atoms with Crippen LogP contribution in [0.2, 0.25) is 0 Å². The SMILES string of the molecule is CCNC(=NCCC(=O)N1CCc2sccc2C1)N(C)CCOc1ccccc1. The molecule has 156 valence electrons. The Bertz CT molecular complexity index is 806. The van der Waals surface area contributed by atoms with Gasteiger partial charge < -0.3 is 19.9 Å². The molecule has 2 aromatic rings. The number of rotatable bonds is 8. The lowest BCUT2D eigenvalue weighted by molar-refractivity contribution is -0.131. The van der Waals surface area contributed by atoms with E-state index in [1.165, 1.54) is 10.4 Å². The van der Waals surface area contributed by atoms with Gasteiger partial charge in [0.15, 0.2) is 5.96 Å². The lowest BCUT2D eigenvalue weighted by Crippen LogP contribution is -2.41. The molecule has 0 bridgehead atoms. The molecule has 1 aliphatic rings. The van der Waals surface area contributed by atoms with Crippen molar-refractivity contribution in [2.24, 2.45) is 4.99 Å². The standard InChI is InChI=1S/C22H30N4O2S/c1-3-23-22(25(2)14-15-28-19-7-5-4-6-8-19)24-12-9-21(27)26-13-10-20-18(17-26)11-16-29-20/h4-8,11,16H,3,9-10,12-15,17H2,1-2H3,(H,23,24). The molecule has 1 aromatic carbocycles. The Hall–Kier alpha value is -2.54. The number of likely N-dealkylation sites (N-methyl/N-ethyl adjacent to an activating group) is 1. The van der Waals surface area contributed by atoms with Gasteiger partial charge in [-0.2, -0.15) is 0 Å². The Balaban J connectivity index is 1.45. The highest BCUT2D eigenvalue weighted by molar-refractivity contribution is 7.10. The third kappa shape index (κ3) is 6.22. The molecular formula is C22H30N4O2S. The van der Waals surface area contributed by atoms with E-state index in [0.29, 0.717) is 26.1 Å². The Morgan fingerprint density at radius 1 is 1.31 bits per heavy atom. The number of amides is 1. The Kier molecular flexibility index (Phi) is 7.93. The van der Waals surface area contributed by atoms with Crippen molar-refractivity contribution >= 4 is 23.2 Å². The van der Waals surface area contributed by atoms with Crippen molar-refractivity contribution in [2.75, 3.05) is 39.8 Å². The first-order valence-corrected chi connectivity index (χ1v) is 11.1. The molecule has 0 fully saturated rings. The summed E-state index contributed by atoms with van der Waals surface area (Å²) in [5, 5.41) is 5.40. The first-order chi connectivity index (χ1) is 14.2. The van der Waals surface area contributed by atoms with Crippen molar-refractivity contribution in [3.63, 3.8) is 0 Å². The van der Waals surface area contributed by atoms with Crippen molar-refractivity contribution in [2.45, 2.75) is 26.3 Å². The number of hydrogen-bond donors (Lipinski definition) is 1. The summed E-state index contributed by atoms with van der Waals surface area (Å²) in [6, 6.07) is 11.9. The molecule has 0 spiro atoms. The largest absolute Gasteiger partial charge is 0.492 e. The van der Waals surface area contributed by atoms with Gasteiger partial charge in [-0.3, -0.25) is 9.79 Å². The van der Waals surface area contributed by atoms with Gasteiger partial charge in [0, 0.05) is 38.0 Å². The number of para-hydroxylation sites is 1. The zero-order valence-corrected chi connectivity index (χ0v) is 18.1.